The molecule has 7 nitrogen and oxygen atoms in total. The first-order valence-corrected chi connectivity index (χ1v) is 11.8. The third-order valence-corrected chi connectivity index (χ3v) is 6.87. The van der Waals surface area contributed by atoms with E-state index in [9.17, 15) is 22.0 Å². The van der Waals surface area contributed by atoms with Crippen molar-refractivity contribution in [3.8, 4) is 11.5 Å². The van der Waals surface area contributed by atoms with Crippen molar-refractivity contribution in [3.05, 3.63) is 59.7 Å². The SMILES string of the molecule is CCN(CC)S(=O)(=O)c1ccc(/C=C/C(=O)NCCc2ccc(OC)c(OC(F)F)c2)cc1. The van der Waals surface area contributed by atoms with Gasteiger partial charge in [0.15, 0.2) is 11.5 Å². The summed E-state index contributed by atoms with van der Waals surface area (Å²) in [5.74, 6) is -0.211. The van der Waals surface area contributed by atoms with E-state index < -0.39 is 16.6 Å². The molecule has 0 radical (unpaired) electrons. The number of hydrogen-bond donors (Lipinski definition) is 1. The molecule has 0 atom stereocenters. The van der Waals surface area contributed by atoms with Gasteiger partial charge in [-0.3, -0.25) is 4.79 Å². The Kier molecular flexibility index (Phi) is 9.80. The molecule has 2 aromatic rings. The van der Waals surface area contributed by atoms with Crippen LogP contribution in [0, 0.1) is 0 Å². The third-order valence-electron chi connectivity index (χ3n) is 4.81. The van der Waals surface area contributed by atoms with Crippen molar-refractivity contribution in [2.24, 2.45) is 0 Å². The van der Waals surface area contributed by atoms with Gasteiger partial charge in [-0.15, -0.1) is 0 Å². The fourth-order valence-corrected chi connectivity index (χ4v) is 4.55. The van der Waals surface area contributed by atoms with Crippen LogP contribution in [0.5, 0.6) is 11.5 Å². The molecule has 0 unspecified atom stereocenters. The Bertz CT molecular complexity index is 1050. The summed E-state index contributed by atoms with van der Waals surface area (Å²) in [4.78, 5) is 12.3. The van der Waals surface area contributed by atoms with Gasteiger partial charge in [0, 0.05) is 25.7 Å². The fraction of sp³-hybridized carbons (Fsp3) is 0.348. The van der Waals surface area contributed by atoms with Gasteiger partial charge in [-0.2, -0.15) is 13.1 Å². The van der Waals surface area contributed by atoms with Crippen molar-refractivity contribution in [3.63, 3.8) is 0 Å². The number of sulfonamides is 1. The van der Waals surface area contributed by atoms with Gasteiger partial charge in [-0.25, -0.2) is 8.42 Å². The van der Waals surface area contributed by atoms with Gasteiger partial charge >= 0.3 is 6.61 Å². The number of halogens is 2. The molecule has 2 aromatic carbocycles. The largest absolute Gasteiger partial charge is 0.493 e. The highest BCUT2D eigenvalue weighted by molar-refractivity contribution is 7.89. The first-order valence-electron chi connectivity index (χ1n) is 10.4. The van der Waals surface area contributed by atoms with Gasteiger partial charge in [0.1, 0.15) is 0 Å². The minimum absolute atomic E-state index is 0.0670. The zero-order valence-corrected chi connectivity index (χ0v) is 19.6. The number of hydrogen-bond acceptors (Lipinski definition) is 5. The summed E-state index contributed by atoms with van der Waals surface area (Å²) in [5.41, 5.74) is 1.37. The van der Waals surface area contributed by atoms with E-state index in [0.29, 0.717) is 30.6 Å². The van der Waals surface area contributed by atoms with Gasteiger partial charge in [0.2, 0.25) is 15.9 Å². The van der Waals surface area contributed by atoms with E-state index in [4.69, 9.17) is 4.74 Å². The molecular formula is C23H28F2N2O5S. The lowest BCUT2D eigenvalue weighted by Gasteiger charge is -2.18. The van der Waals surface area contributed by atoms with Crippen LogP contribution in [-0.4, -0.2) is 52.0 Å². The second-order valence-corrected chi connectivity index (χ2v) is 8.83. The summed E-state index contributed by atoms with van der Waals surface area (Å²) in [5, 5.41) is 2.71. The van der Waals surface area contributed by atoms with Gasteiger partial charge in [0.05, 0.1) is 12.0 Å². The monoisotopic (exact) mass is 482 g/mol. The molecule has 0 spiro atoms. The number of nitrogens with one attached hydrogen (secondary N) is 1. The highest BCUT2D eigenvalue weighted by Crippen LogP contribution is 2.29. The molecule has 0 aliphatic carbocycles. The number of carbonyl (C=O) groups excluding carboxylic acids is 1. The quantitative estimate of drug-likeness (QED) is 0.467. The summed E-state index contributed by atoms with van der Waals surface area (Å²) in [6, 6.07) is 10.9. The Labute approximate surface area is 193 Å². The maximum absolute atomic E-state index is 12.5. The Hall–Kier alpha value is -2.98. The van der Waals surface area contributed by atoms with Crippen LogP contribution in [0.2, 0.25) is 0 Å². The van der Waals surface area contributed by atoms with Crippen molar-refractivity contribution < 1.29 is 31.5 Å². The molecule has 1 N–H and O–H groups in total. The Morgan fingerprint density at radius 1 is 1.09 bits per heavy atom. The predicted octanol–water partition coefficient (Wildman–Crippen LogP) is 3.70. The molecule has 0 saturated heterocycles. The smallest absolute Gasteiger partial charge is 0.387 e. The van der Waals surface area contributed by atoms with Crippen LogP contribution in [0.1, 0.15) is 25.0 Å². The zero-order valence-electron chi connectivity index (χ0n) is 18.8. The van der Waals surface area contributed by atoms with Gasteiger partial charge in [-0.1, -0.05) is 32.0 Å². The molecule has 0 aromatic heterocycles. The van der Waals surface area contributed by atoms with Gasteiger partial charge in [0.25, 0.3) is 0 Å². The van der Waals surface area contributed by atoms with E-state index >= 15 is 0 Å². The minimum atomic E-state index is -3.53. The number of methoxy groups -OCH3 is 1. The molecule has 1 amide bonds. The summed E-state index contributed by atoms with van der Waals surface area (Å²) < 4.78 is 60.9. The molecule has 180 valence electrons. The molecule has 0 heterocycles. The van der Waals surface area contributed by atoms with E-state index in [-0.39, 0.29) is 28.8 Å². The molecule has 10 heteroatoms. The van der Waals surface area contributed by atoms with Crippen LogP contribution in [0.25, 0.3) is 6.08 Å². The van der Waals surface area contributed by atoms with E-state index in [1.807, 2.05) is 0 Å². The summed E-state index contributed by atoms with van der Waals surface area (Å²) in [7, 11) is -2.17. The minimum Gasteiger partial charge on any atom is -0.493 e. The van der Waals surface area contributed by atoms with Gasteiger partial charge in [-0.05, 0) is 47.9 Å². The van der Waals surface area contributed by atoms with Crippen molar-refractivity contribution in [2.75, 3.05) is 26.7 Å². The number of rotatable bonds is 12. The van der Waals surface area contributed by atoms with Crippen molar-refractivity contribution in [1.29, 1.82) is 0 Å². The first-order chi connectivity index (χ1) is 15.7. The van der Waals surface area contributed by atoms with Crippen LogP contribution >= 0.6 is 0 Å². The summed E-state index contributed by atoms with van der Waals surface area (Å²) in [6.07, 6.45) is 3.32. The molecule has 0 aliphatic heterocycles. The summed E-state index contributed by atoms with van der Waals surface area (Å²) >= 11 is 0. The van der Waals surface area contributed by atoms with Crippen LogP contribution < -0.4 is 14.8 Å². The molecule has 0 fully saturated rings. The van der Waals surface area contributed by atoms with Crippen LogP contribution in [0.3, 0.4) is 0 Å². The second-order valence-electron chi connectivity index (χ2n) is 6.90. The normalized spacial score (nSPS) is 11.8. The lowest BCUT2D eigenvalue weighted by molar-refractivity contribution is -0.116. The third kappa shape index (κ3) is 7.54. The second kappa shape index (κ2) is 12.3. The van der Waals surface area contributed by atoms with E-state index in [0.717, 1.165) is 0 Å². The zero-order chi connectivity index (χ0) is 24.4. The standard InChI is InChI=1S/C23H28F2N2O5S/c1-4-27(5-2)33(29,30)19-10-6-17(7-11-19)9-13-22(28)26-15-14-18-8-12-20(31-3)21(16-18)32-23(24)25/h6-13,16,23H,4-5,14-15H2,1-3H3,(H,26,28)/b13-9+. The van der Waals surface area contributed by atoms with Crippen molar-refractivity contribution in [1.82, 2.24) is 9.62 Å². The van der Waals surface area contributed by atoms with Crippen LogP contribution in [0.15, 0.2) is 53.4 Å². The molecule has 33 heavy (non-hydrogen) atoms. The first kappa shape index (κ1) is 26.3. The highest BCUT2D eigenvalue weighted by atomic mass is 32.2. The Balaban J connectivity index is 1.92. The average molecular weight is 483 g/mol. The van der Waals surface area contributed by atoms with Crippen molar-refractivity contribution >= 4 is 22.0 Å². The fourth-order valence-electron chi connectivity index (χ4n) is 3.09. The predicted molar refractivity (Wildman–Crippen MR) is 122 cm³/mol. The van der Waals surface area contributed by atoms with E-state index in [1.54, 1.807) is 38.1 Å². The number of nitrogens with zero attached hydrogens (tertiary/aromatic N) is 1. The average Bonchev–Trinajstić information content (AvgIpc) is 2.78. The Morgan fingerprint density at radius 3 is 2.33 bits per heavy atom. The van der Waals surface area contributed by atoms with Crippen molar-refractivity contribution in [2.45, 2.75) is 31.8 Å². The maximum Gasteiger partial charge on any atom is 0.387 e. The van der Waals surface area contributed by atoms with Crippen LogP contribution in [-0.2, 0) is 21.2 Å². The topological polar surface area (TPSA) is 84.9 Å². The number of alkyl halides is 2. The van der Waals surface area contributed by atoms with Crippen LogP contribution in [0.4, 0.5) is 8.78 Å². The maximum atomic E-state index is 12.5. The Morgan fingerprint density at radius 2 is 1.76 bits per heavy atom. The molecule has 0 aliphatic rings. The number of carbonyl (C=O) groups is 1. The lowest BCUT2D eigenvalue weighted by atomic mass is 10.1. The molecule has 0 bridgehead atoms. The number of ether oxygens (including phenoxy) is 2. The highest BCUT2D eigenvalue weighted by Gasteiger charge is 2.21. The van der Waals surface area contributed by atoms with E-state index in [1.165, 1.54) is 41.8 Å². The number of benzene rings is 2. The van der Waals surface area contributed by atoms with E-state index in [2.05, 4.69) is 10.1 Å². The molecule has 0 saturated carbocycles. The van der Waals surface area contributed by atoms with Gasteiger partial charge < -0.3 is 14.8 Å². The lowest BCUT2D eigenvalue weighted by Crippen LogP contribution is -2.30. The molecular weight excluding hydrogens is 454 g/mol. The molecule has 2 rings (SSSR count). The summed E-state index contributed by atoms with van der Waals surface area (Å²) in [6.45, 7) is 1.65. The number of amides is 1.